The number of hydrogen-bond acceptors (Lipinski definition) is 3. The van der Waals surface area contributed by atoms with Crippen molar-refractivity contribution in [1.82, 2.24) is 0 Å². The van der Waals surface area contributed by atoms with Gasteiger partial charge in [0.15, 0.2) is 0 Å². The molecule has 0 rings (SSSR count). The van der Waals surface area contributed by atoms with Gasteiger partial charge < -0.3 is 4.74 Å². The van der Waals surface area contributed by atoms with Crippen molar-refractivity contribution in [3.8, 4) is 0 Å². The van der Waals surface area contributed by atoms with Gasteiger partial charge in [0.05, 0.1) is 19.6 Å². The van der Waals surface area contributed by atoms with Crippen LogP contribution < -0.4 is 0 Å². The number of ether oxygens (including phenoxy) is 1. The molecule has 0 spiro atoms. The number of quaternary nitrogens is 1. The fourth-order valence-corrected chi connectivity index (χ4v) is 5.55. The zero-order valence-electron chi connectivity index (χ0n) is 22.7. The summed E-state index contributed by atoms with van der Waals surface area (Å²) in [5.41, 5.74) is -0.552. The Morgan fingerprint density at radius 3 is 1.19 bits per heavy atom. The molecule has 0 N–H and O–H groups in total. The first-order chi connectivity index (χ1) is 14.7. The van der Waals surface area contributed by atoms with E-state index in [2.05, 4.69) is 27.7 Å². The monoisotopic (exact) mass is 460 g/mol. The van der Waals surface area contributed by atoms with E-state index in [1.807, 2.05) is 0 Å². The number of hydroxylamine groups is 2. The minimum atomic E-state index is -0.516. The van der Waals surface area contributed by atoms with Crippen molar-refractivity contribution in [1.29, 1.82) is 0 Å². The molecule has 31 heavy (non-hydrogen) atoms. The smallest absolute Gasteiger partial charge is 0.312 e. The third-order valence-corrected chi connectivity index (χ3v) is 9.36. The van der Waals surface area contributed by atoms with Gasteiger partial charge in [-0.1, -0.05) is 128 Å². The predicted molar refractivity (Wildman–Crippen MR) is 138 cm³/mol. The van der Waals surface area contributed by atoms with E-state index in [9.17, 15) is 0 Å². The molecule has 0 bridgehead atoms. The SMILES string of the molecule is CCCCCCCCCCCCCCCCCCC(C)(C)C(C)(OC)[N+]([SiH3])(OC)OC. The zero-order valence-corrected chi connectivity index (χ0v) is 24.7. The van der Waals surface area contributed by atoms with Crippen LogP contribution in [-0.2, 0) is 14.4 Å². The van der Waals surface area contributed by atoms with Crippen LogP contribution in [0.15, 0.2) is 0 Å². The van der Waals surface area contributed by atoms with Crippen molar-refractivity contribution in [2.75, 3.05) is 21.3 Å². The van der Waals surface area contributed by atoms with Crippen LogP contribution in [0.5, 0.6) is 0 Å². The second kappa shape index (κ2) is 17.5. The molecule has 0 aromatic rings. The Labute approximate surface area is 198 Å². The van der Waals surface area contributed by atoms with Crippen LogP contribution in [0.2, 0.25) is 0 Å². The molecule has 0 aliphatic rings. The van der Waals surface area contributed by atoms with E-state index in [-0.39, 0.29) is 9.89 Å². The highest BCUT2D eigenvalue weighted by Crippen LogP contribution is 2.44. The zero-order chi connectivity index (χ0) is 23.6. The van der Waals surface area contributed by atoms with Crippen LogP contribution in [0.3, 0.4) is 0 Å². The van der Waals surface area contributed by atoms with Crippen molar-refractivity contribution in [3.05, 3.63) is 0 Å². The van der Waals surface area contributed by atoms with Crippen molar-refractivity contribution in [2.24, 2.45) is 5.41 Å². The maximum atomic E-state index is 5.99. The molecular weight excluding hydrogens is 402 g/mol. The van der Waals surface area contributed by atoms with Gasteiger partial charge in [0.2, 0.25) is 5.72 Å². The van der Waals surface area contributed by atoms with E-state index in [0.717, 1.165) is 6.42 Å². The summed E-state index contributed by atoms with van der Waals surface area (Å²) in [4.78, 5) is 11.4. The molecule has 1 atom stereocenters. The highest BCUT2D eigenvalue weighted by atomic mass is 28.2. The van der Waals surface area contributed by atoms with Crippen LogP contribution in [0.1, 0.15) is 137 Å². The van der Waals surface area contributed by atoms with Crippen molar-refractivity contribution in [2.45, 2.75) is 143 Å². The average molecular weight is 461 g/mol. The average Bonchev–Trinajstić information content (AvgIpc) is 2.77. The quantitative estimate of drug-likeness (QED) is 0.0737. The number of methoxy groups -OCH3 is 1. The first-order valence-electron chi connectivity index (χ1n) is 13.3. The lowest BCUT2D eigenvalue weighted by atomic mass is 9.77. The third-order valence-electron chi connectivity index (χ3n) is 7.78. The molecule has 5 heteroatoms. The number of nitrogens with zero attached hydrogens (tertiary/aromatic N) is 1. The molecule has 188 valence electrons. The standard InChI is InChI=1S/C26H58NO3Si/c1-8-9-10-11-12-13-14-15-16-17-18-19-20-21-22-23-24-25(2,3)26(4,28-5)27(31,29-6)30-7/h8-24H2,1-7,31H3/q+1. The van der Waals surface area contributed by atoms with Gasteiger partial charge >= 0.3 is 10.4 Å². The van der Waals surface area contributed by atoms with E-state index < -0.39 is 5.72 Å². The Kier molecular flexibility index (Phi) is 17.6. The van der Waals surface area contributed by atoms with Crippen molar-refractivity contribution >= 4 is 10.4 Å². The van der Waals surface area contributed by atoms with Crippen LogP contribution in [-0.4, -0.2) is 41.9 Å². The van der Waals surface area contributed by atoms with E-state index in [4.69, 9.17) is 14.4 Å². The van der Waals surface area contributed by atoms with Gasteiger partial charge in [-0.25, -0.2) is 0 Å². The molecule has 0 saturated heterocycles. The molecule has 0 aromatic heterocycles. The Hall–Kier alpha value is 0.0569. The van der Waals surface area contributed by atoms with Gasteiger partial charge in [0, 0.05) is 14.0 Å². The fraction of sp³-hybridized carbons (Fsp3) is 1.00. The maximum absolute atomic E-state index is 5.99. The molecule has 0 aliphatic carbocycles. The Bertz CT molecular complexity index is 415. The molecule has 0 aromatic carbocycles. The Morgan fingerprint density at radius 1 is 0.581 bits per heavy atom. The first kappa shape index (κ1) is 31.1. The van der Waals surface area contributed by atoms with E-state index in [1.165, 1.54) is 103 Å². The summed E-state index contributed by atoms with van der Waals surface area (Å²) in [6.07, 6.45) is 23.6. The summed E-state index contributed by atoms with van der Waals surface area (Å²) >= 11 is 0. The lowest BCUT2D eigenvalue weighted by molar-refractivity contribution is -1.21. The second-order valence-corrected chi connectivity index (χ2v) is 11.5. The largest absolute Gasteiger partial charge is 0.327 e. The number of hydrogen-bond donors (Lipinski definition) is 0. The summed E-state index contributed by atoms with van der Waals surface area (Å²) in [5.74, 6) is 0. The van der Waals surface area contributed by atoms with Gasteiger partial charge in [0.1, 0.15) is 0 Å². The maximum Gasteiger partial charge on any atom is 0.312 e. The molecule has 0 aliphatic heterocycles. The van der Waals surface area contributed by atoms with Crippen LogP contribution >= 0.6 is 0 Å². The minimum absolute atomic E-state index is 0.0362. The normalized spacial score (nSPS) is 14.8. The summed E-state index contributed by atoms with van der Waals surface area (Å²) in [7, 11) is 5.89. The second-order valence-electron chi connectivity index (χ2n) is 10.3. The molecular formula is C26H58NO3Si+. The van der Waals surface area contributed by atoms with Crippen molar-refractivity contribution in [3.63, 3.8) is 0 Å². The van der Waals surface area contributed by atoms with E-state index in [0.29, 0.717) is 10.4 Å². The van der Waals surface area contributed by atoms with Gasteiger partial charge in [0.25, 0.3) is 0 Å². The minimum Gasteiger partial charge on any atom is -0.327 e. The summed E-state index contributed by atoms with van der Waals surface area (Å²) in [6, 6.07) is 0. The molecule has 0 heterocycles. The third kappa shape index (κ3) is 11.2. The lowest BCUT2D eigenvalue weighted by Gasteiger charge is -2.50. The lowest BCUT2D eigenvalue weighted by Crippen LogP contribution is -2.67. The highest BCUT2D eigenvalue weighted by molar-refractivity contribution is 5.96. The highest BCUT2D eigenvalue weighted by Gasteiger charge is 2.57. The molecule has 0 saturated carbocycles. The molecule has 1 unspecified atom stereocenters. The van der Waals surface area contributed by atoms with Crippen molar-refractivity contribution < 1.29 is 18.9 Å². The van der Waals surface area contributed by atoms with E-state index >= 15 is 0 Å². The number of unbranched alkanes of at least 4 members (excludes halogenated alkanes) is 15. The molecule has 0 amide bonds. The topological polar surface area (TPSA) is 27.7 Å². The summed E-state index contributed by atoms with van der Waals surface area (Å²) in [6.45, 7) is 8.98. The Morgan fingerprint density at radius 2 is 0.903 bits per heavy atom. The predicted octanol–water partition coefficient (Wildman–Crippen LogP) is 7.25. The molecule has 4 nitrogen and oxygen atoms in total. The summed E-state index contributed by atoms with van der Waals surface area (Å²) < 4.78 is 6.11. The Balaban J connectivity index is 3.80. The van der Waals surface area contributed by atoms with Gasteiger partial charge in [-0.05, 0) is 6.42 Å². The van der Waals surface area contributed by atoms with E-state index in [1.54, 1.807) is 21.3 Å². The fourth-order valence-electron chi connectivity index (χ4n) is 4.76. The van der Waals surface area contributed by atoms with Crippen LogP contribution in [0.25, 0.3) is 0 Å². The molecule has 0 fully saturated rings. The van der Waals surface area contributed by atoms with Gasteiger partial charge in [-0.15, -0.1) is 0 Å². The van der Waals surface area contributed by atoms with Crippen LogP contribution in [0, 0.1) is 5.41 Å². The van der Waals surface area contributed by atoms with Gasteiger partial charge in [-0.2, -0.15) is 9.68 Å². The summed E-state index contributed by atoms with van der Waals surface area (Å²) in [5, 5.41) is 0. The van der Waals surface area contributed by atoms with Gasteiger partial charge in [-0.3, -0.25) is 0 Å². The van der Waals surface area contributed by atoms with Crippen LogP contribution in [0.4, 0.5) is 0 Å². The molecule has 0 radical (unpaired) electrons. The number of rotatable bonds is 22. The first-order valence-corrected chi connectivity index (χ1v) is 14.2.